The number of nitrogens with one attached hydrogen (secondary N) is 1. The Hall–Kier alpha value is -2.45. The second-order valence-corrected chi connectivity index (χ2v) is 6.20. The third kappa shape index (κ3) is 4.30. The maximum absolute atomic E-state index is 9.54. The van der Waals surface area contributed by atoms with E-state index in [4.69, 9.17) is 12.2 Å². The van der Waals surface area contributed by atoms with Gasteiger partial charge in [0, 0.05) is 6.54 Å². The Labute approximate surface area is 151 Å². The lowest BCUT2D eigenvalue weighted by atomic mass is 10.1. The second-order valence-electron chi connectivity index (χ2n) is 4.90. The quantitative estimate of drug-likeness (QED) is 0.260. The van der Waals surface area contributed by atoms with Crippen molar-refractivity contribution in [2.45, 2.75) is 6.54 Å². The fourth-order valence-electron chi connectivity index (χ4n) is 1.88. The smallest absolute Gasteiger partial charge is 0.200 e. The molecule has 0 aliphatic carbocycles. The fourth-order valence-corrected chi connectivity index (χ4v) is 2.49. The second kappa shape index (κ2) is 7.41. The number of hydrogen-bond acceptors (Lipinski definition) is 6. The van der Waals surface area contributed by atoms with E-state index in [-0.39, 0.29) is 18.0 Å². The molecule has 0 spiro atoms. The van der Waals surface area contributed by atoms with E-state index in [1.54, 1.807) is 18.2 Å². The van der Waals surface area contributed by atoms with Gasteiger partial charge >= 0.3 is 0 Å². The molecule has 0 aliphatic heterocycles. The van der Waals surface area contributed by atoms with Crippen molar-refractivity contribution < 1.29 is 25.5 Å². The molecule has 0 aliphatic rings. The lowest BCUT2D eigenvalue weighted by Crippen LogP contribution is -2.18. The summed E-state index contributed by atoms with van der Waals surface area (Å²) in [6.07, 6.45) is 3.23. The Balaban J connectivity index is 2.01. The van der Waals surface area contributed by atoms with Crippen LogP contribution in [0.25, 0.3) is 6.08 Å². The molecule has 126 valence electrons. The van der Waals surface area contributed by atoms with Gasteiger partial charge in [-0.25, -0.2) is 0 Å². The van der Waals surface area contributed by atoms with E-state index in [0.717, 1.165) is 0 Å². The molecule has 0 amide bonds. The highest BCUT2D eigenvalue weighted by molar-refractivity contribution is 9.10. The van der Waals surface area contributed by atoms with Gasteiger partial charge in [0.05, 0.1) is 9.46 Å². The largest absolute Gasteiger partial charge is 0.504 e. The van der Waals surface area contributed by atoms with Crippen molar-refractivity contribution in [2.24, 2.45) is 0 Å². The van der Waals surface area contributed by atoms with Gasteiger partial charge in [-0.15, -0.1) is 0 Å². The topological polar surface area (TPSA) is 113 Å². The number of benzene rings is 2. The molecule has 24 heavy (non-hydrogen) atoms. The van der Waals surface area contributed by atoms with Crippen molar-refractivity contribution in [3.05, 3.63) is 45.9 Å². The summed E-state index contributed by atoms with van der Waals surface area (Å²) in [5.41, 5.74) is 1.16. The van der Waals surface area contributed by atoms with Crippen molar-refractivity contribution in [2.75, 3.05) is 0 Å². The SMILES string of the molecule is Oc1cc(CNC(=S)/C=C/c2cc(O)c(O)c(Br)c2)cc(O)c1O. The van der Waals surface area contributed by atoms with Crippen LogP contribution in [-0.2, 0) is 6.54 Å². The first-order valence-electron chi connectivity index (χ1n) is 6.69. The van der Waals surface area contributed by atoms with Crippen LogP contribution in [0.3, 0.4) is 0 Å². The molecule has 0 saturated heterocycles. The van der Waals surface area contributed by atoms with E-state index >= 15 is 0 Å². The normalized spacial score (nSPS) is 10.9. The Morgan fingerprint density at radius 2 is 1.54 bits per heavy atom. The summed E-state index contributed by atoms with van der Waals surface area (Å²) in [6, 6.07) is 5.62. The number of thiocarbonyl (C=S) groups is 1. The third-order valence-electron chi connectivity index (χ3n) is 3.09. The van der Waals surface area contributed by atoms with Gasteiger partial charge in [-0.1, -0.05) is 18.3 Å². The lowest BCUT2D eigenvalue weighted by molar-refractivity contribution is 0.367. The van der Waals surface area contributed by atoms with Crippen molar-refractivity contribution in [3.8, 4) is 28.7 Å². The summed E-state index contributed by atoms with van der Waals surface area (Å²) in [4.78, 5) is 0.380. The first kappa shape index (κ1) is 17.9. The van der Waals surface area contributed by atoms with Gasteiger partial charge in [-0.05, 0) is 57.4 Å². The van der Waals surface area contributed by atoms with Gasteiger partial charge in [0.25, 0.3) is 0 Å². The minimum atomic E-state index is -0.570. The highest BCUT2D eigenvalue weighted by Crippen LogP contribution is 2.35. The first-order valence-corrected chi connectivity index (χ1v) is 7.89. The summed E-state index contributed by atoms with van der Waals surface area (Å²) in [5.74, 6) is -1.90. The first-order chi connectivity index (χ1) is 11.3. The van der Waals surface area contributed by atoms with Crippen LogP contribution in [0.4, 0.5) is 0 Å². The standard InChI is InChI=1S/C16H14BrNO5S/c17-10-3-8(4-11(19)15(10)22)1-2-14(24)18-7-9-5-12(20)16(23)13(21)6-9/h1-6,19-23H,7H2,(H,18,24)/b2-1+. The van der Waals surface area contributed by atoms with E-state index in [1.165, 1.54) is 18.2 Å². The zero-order chi connectivity index (χ0) is 17.9. The van der Waals surface area contributed by atoms with E-state index in [0.29, 0.717) is 20.6 Å². The van der Waals surface area contributed by atoms with Crippen LogP contribution in [0, 0.1) is 0 Å². The predicted octanol–water partition coefficient (Wildman–Crippen LogP) is 3.11. The molecule has 8 heteroatoms. The summed E-state index contributed by atoms with van der Waals surface area (Å²) >= 11 is 8.26. The summed E-state index contributed by atoms with van der Waals surface area (Å²) < 4.78 is 0.357. The molecule has 6 N–H and O–H groups in total. The average Bonchev–Trinajstić information content (AvgIpc) is 2.53. The van der Waals surface area contributed by atoms with Crippen LogP contribution >= 0.6 is 28.1 Å². The van der Waals surface area contributed by atoms with Gasteiger partial charge in [-0.3, -0.25) is 0 Å². The molecule has 2 aromatic rings. The van der Waals surface area contributed by atoms with Gasteiger partial charge in [0.15, 0.2) is 28.7 Å². The molecule has 0 unspecified atom stereocenters. The Kier molecular flexibility index (Phi) is 5.53. The summed E-state index contributed by atoms with van der Waals surface area (Å²) in [5, 5.41) is 50.1. The average molecular weight is 412 g/mol. The zero-order valence-electron chi connectivity index (χ0n) is 12.2. The number of phenolic OH excluding ortho intramolecular Hbond substituents is 5. The molecule has 0 bridgehead atoms. The Morgan fingerprint density at radius 3 is 2.12 bits per heavy atom. The van der Waals surface area contributed by atoms with E-state index in [1.807, 2.05) is 0 Å². The summed E-state index contributed by atoms with van der Waals surface area (Å²) in [6.45, 7) is 0.231. The molecule has 0 fully saturated rings. The van der Waals surface area contributed by atoms with Crippen LogP contribution in [0.15, 0.2) is 34.8 Å². The number of aromatic hydroxyl groups is 5. The minimum Gasteiger partial charge on any atom is -0.504 e. The van der Waals surface area contributed by atoms with Crippen molar-refractivity contribution >= 4 is 39.2 Å². The van der Waals surface area contributed by atoms with Crippen LogP contribution in [0.1, 0.15) is 11.1 Å². The van der Waals surface area contributed by atoms with Gasteiger partial charge in [0.2, 0.25) is 0 Å². The number of halogens is 1. The molecule has 2 rings (SSSR count). The van der Waals surface area contributed by atoms with Gasteiger partial charge in [-0.2, -0.15) is 0 Å². The number of hydrogen-bond donors (Lipinski definition) is 6. The minimum absolute atomic E-state index is 0.231. The molecule has 0 heterocycles. The lowest BCUT2D eigenvalue weighted by Gasteiger charge is -2.08. The monoisotopic (exact) mass is 411 g/mol. The molecule has 0 atom stereocenters. The van der Waals surface area contributed by atoms with Crippen molar-refractivity contribution in [1.29, 1.82) is 0 Å². The third-order valence-corrected chi connectivity index (χ3v) is 3.97. The van der Waals surface area contributed by atoms with Gasteiger partial charge < -0.3 is 30.8 Å². The molecule has 0 radical (unpaired) electrons. The maximum Gasteiger partial charge on any atom is 0.200 e. The van der Waals surface area contributed by atoms with Crippen molar-refractivity contribution in [1.82, 2.24) is 5.32 Å². The molecular weight excluding hydrogens is 398 g/mol. The highest BCUT2D eigenvalue weighted by atomic mass is 79.9. The van der Waals surface area contributed by atoms with E-state index < -0.39 is 17.2 Å². The van der Waals surface area contributed by atoms with Crippen LogP contribution in [0.2, 0.25) is 0 Å². The highest BCUT2D eigenvalue weighted by Gasteiger charge is 2.08. The Morgan fingerprint density at radius 1 is 0.958 bits per heavy atom. The number of rotatable bonds is 4. The van der Waals surface area contributed by atoms with Crippen LogP contribution < -0.4 is 5.32 Å². The molecule has 0 aromatic heterocycles. The maximum atomic E-state index is 9.54. The molecular formula is C16H14BrNO5S. The number of phenols is 5. The van der Waals surface area contributed by atoms with Gasteiger partial charge in [0.1, 0.15) is 0 Å². The summed E-state index contributed by atoms with van der Waals surface area (Å²) in [7, 11) is 0. The molecule has 6 nitrogen and oxygen atoms in total. The molecule has 0 saturated carbocycles. The Bertz CT molecular complexity index is 776. The van der Waals surface area contributed by atoms with Crippen molar-refractivity contribution in [3.63, 3.8) is 0 Å². The van der Waals surface area contributed by atoms with E-state index in [9.17, 15) is 25.5 Å². The van der Waals surface area contributed by atoms with Crippen LogP contribution in [0.5, 0.6) is 28.7 Å². The fraction of sp³-hybridized carbons (Fsp3) is 0.0625. The zero-order valence-corrected chi connectivity index (χ0v) is 14.6. The van der Waals surface area contributed by atoms with E-state index in [2.05, 4.69) is 21.2 Å². The molecule has 2 aromatic carbocycles. The van der Waals surface area contributed by atoms with Crippen LogP contribution in [-0.4, -0.2) is 30.5 Å². The predicted molar refractivity (Wildman–Crippen MR) is 97.4 cm³/mol.